The molecular formula is C19H23ClN4. The van der Waals surface area contributed by atoms with Gasteiger partial charge in [0.2, 0.25) is 0 Å². The average Bonchev–Trinajstić information content (AvgIpc) is 2.76. The third kappa shape index (κ3) is 3.18. The molecule has 5 heteroatoms. The third-order valence-corrected chi connectivity index (χ3v) is 4.70. The van der Waals surface area contributed by atoms with E-state index in [1.54, 1.807) is 0 Å². The van der Waals surface area contributed by atoms with Gasteiger partial charge in [-0.15, -0.1) is 0 Å². The summed E-state index contributed by atoms with van der Waals surface area (Å²) in [5.41, 5.74) is 11.1. The van der Waals surface area contributed by atoms with Crippen LogP contribution in [0.3, 0.4) is 0 Å². The number of fused-ring (bicyclic) bond motifs is 2. The first-order valence-electron chi connectivity index (χ1n) is 8.36. The monoisotopic (exact) mass is 342 g/mol. The van der Waals surface area contributed by atoms with E-state index in [4.69, 9.17) is 22.3 Å². The summed E-state index contributed by atoms with van der Waals surface area (Å²) >= 11 is 6.19. The van der Waals surface area contributed by atoms with Crippen molar-refractivity contribution in [3.05, 3.63) is 53.1 Å². The lowest BCUT2D eigenvalue weighted by Crippen LogP contribution is -2.46. The molecule has 0 saturated heterocycles. The van der Waals surface area contributed by atoms with Crippen molar-refractivity contribution < 1.29 is 0 Å². The van der Waals surface area contributed by atoms with Crippen LogP contribution in [0.5, 0.6) is 0 Å². The molecule has 4 nitrogen and oxygen atoms in total. The van der Waals surface area contributed by atoms with E-state index in [1.165, 1.54) is 0 Å². The number of benzene rings is 2. The Morgan fingerprint density at radius 1 is 1.12 bits per heavy atom. The summed E-state index contributed by atoms with van der Waals surface area (Å²) in [6, 6.07) is 14.0. The Balaban J connectivity index is 2.19. The van der Waals surface area contributed by atoms with Gasteiger partial charge in [-0.2, -0.15) is 0 Å². The van der Waals surface area contributed by atoms with E-state index in [0.717, 1.165) is 41.4 Å². The number of nitrogens with one attached hydrogen (secondary N) is 1. The zero-order chi connectivity index (χ0) is 17.1. The predicted octanol–water partition coefficient (Wildman–Crippen LogP) is 4.19. The molecule has 0 saturated carbocycles. The van der Waals surface area contributed by atoms with Gasteiger partial charge in [0.05, 0.1) is 23.1 Å². The molecule has 1 unspecified atom stereocenters. The van der Waals surface area contributed by atoms with E-state index >= 15 is 0 Å². The SMILES string of the molecule is CCN(CC)C(CN)C1=Nc2cc(Cl)ccc2Nc2ccccc21. The van der Waals surface area contributed by atoms with Crippen molar-refractivity contribution in [3.8, 4) is 0 Å². The molecule has 0 aromatic heterocycles. The minimum Gasteiger partial charge on any atom is -0.353 e. The van der Waals surface area contributed by atoms with Crippen LogP contribution in [-0.4, -0.2) is 36.3 Å². The second-order valence-corrected chi connectivity index (χ2v) is 6.24. The standard InChI is InChI=1S/C19H23ClN4/c1-3-24(4-2)18(12-21)19-14-7-5-6-8-15(14)22-16-10-9-13(20)11-17(16)23-19/h5-11,18,22H,3-4,12,21H2,1-2H3. The molecule has 2 aromatic carbocycles. The topological polar surface area (TPSA) is 53.6 Å². The number of rotatable bonds is 5. The largest absolute Gasteiger partial charge is 0.353 e. The minimum atomic E-state index is 0.0629. The summed E-state index contributed by atoms with van der Waals surface area (Å²) in [5.74, 6) is 0. The van der Waals surface area contributed by atoms with Gasteiger partial charge in [-0.1, -0.05) is 43.6 Å². The Kier molecular flexibility index (Phi) is 5.19. The van der Waals surface area contributed by atoms with Crippen LogP contribution in [-0.2, 0) is 0 Å². The van der Waals surface area contributed by atoms with Crippen molar-refractivity contribution in [2.24, 2.45) is 10.7 Å². The molecule has 1 heterocycles. The minimum absolute atomic E-state index is 0.0629. The van der Waals surface area contributed by atoms with E-state index in [1.807, 2.05) is 30.3 Å². The van der Waals surface area contributed by atoms with Gasteiger partial charge in [0.15, 0.2) is 0 Å². The second-order valence-electron chi connectivity index (χ2n) is 5.80. The maximum Gasteiger partial charge on any atom is 0.0883 e. The number of nitrogens with zero attached hydrogens (tertiary/aromatic N) is 2. The molecule has 24 heavy (non-hydrogen) atoms. The van der Waals surface area contributed by atoms with Crippen LogP contribution in [0.1, 0.15) is 19.4 Å². The Morgan fingerprint density at radius 3 is 2.58 bits per heavy atom. The highest BCUT2D eigenvalue weighted by Crippen LogP contribution is 2.36. The quantitative estimate of drug-likeness (QED) is 0.856. The lowest BCUT2D eigenvalue weighted by Gasteiger charge is -2.30. The van der Waals surface area contributed by atoms with E-state index < -0.39 is 0 Å². The molecule has 0 aliphatic carbocycles. The van der Waals surface area contributed by atoms with Crippen molar-refractivity contribution in [1.82, 2.24) is 4.90 Å². The summed E-state index contributed by atoms with van der Waals surface area (Å²) in [7, 11) is 0. The lowest BCUT2D eigenvalue weighted by molar-refractivity contribution is 0.272. The normalized spacial score (nSPS) is 14.3. The fraction of sp³-hybridized carbons (Fsp3) is 0.316. The van der Waals surface area contributed by atoms with Gasteiger partial charge in [0.25, 0.3) is 0 Å². The highest BCUT2D eigenvalue weighted by atomic mass is 35.5. The molecule has 1 aliphatic rings. The molecule has 0 fully saturated rings. The zero-order valence-corrected chi connectivity index (χ0v) is 14.8. The Bertz CT molecular complexity index is 753. The molecule has 0 bridgehead atoms. The summed E-state index contributed by atoms with van der Waals surface area (Å²) in [5, 5.41) is 4.16. The van der Waals surface area contributed by atoms with Gasteiger partial charge < -0.3 is 11.1 Å². The maximum absolute atomic E-state index is 6.19. The average molecular weight is 343 g/mol. The molecule has 0 spiro atoms. The van der Waals surface area contributed by atoms with Crippen LogP contribution in [0.15, 0.2) is 47.5 Å². The van der Waals surface area contributed by atoms with Gasteiger partial charge in [-0.05, 0) is 37.4 Å². The van der Waals surface area contributed by atoms with Crippen LogP contribution in [0.2, 0.25) is 5.02 Å². The number of hydrogen-bond donors (Lipinski definition) is 2. The van der Waals surface area contributed by atoms with Crippen LogP contribution in [0, 0.1) is 0 Å². The van der Waals surface area contributed by atoms with E-state index in [9.17, 15) is 0 Å². The Hall–Kier alpha value is -1.88. The van der Waals surface area contributed by atoms with E-state index in [0.29, 0.717) is 11.6 Å². The van der Waals surface area contributed by atoms with Crippen LogP contribution in [0.4, 0.5) is 17.1 Å². The van der Waals surface area contributed by atoms with Crippen molar-refractivity contribution in [2.75, 3.05) is 25.0 Å². The van der Waals surface area contributed by atoms with Crippen molar-refractivity contribution >= 4 is 34.4 Å². The number of aliphatic imine (C=N–C) groups is 1. The van der Waals surface area contributed by atoms with Gasteiger partial charge in [0, 0.05) is 22.8 Å². The molecule has 3 N–H and O–H groups in total. The summed E-state index contributed by atoms with van der Waals surface area (Å²) in [6.45, 7) is 6.67. The summed E-state index contributed by atoms with van der Waals surface area (Å²) in [6.07, 6.45) is 0. The van der Waals surface area contributed by atoms with E-state index in [2.05, 4.69) is 36.2 Å². The molecule has 3 rings (SSSR count). The predicted molar refractivity (Wildman–Crippen MR) is 103 cm³/mol. The first kappa shape index (κ1) is 17.0. The molecule has 126 valence electrons. The molecule has 0 radical (unpaired) electrons. The number of likely N-dealkylation sites (N-methyl/N-ethyl adjacent to an activating group) is 1. The Labute approximate surface area is 148 Å². The van der Waals surface area contributed by atoms with Gasteiger partial charge in [0.1, 0.15) is 0 Å². The number of halogens is 1. The molecule has 0 amide bonds. The molecule has 1 atom stereocenters. The fourth-order valence-electron chi connectivity index (χ4n) is 3.21. The molecule has 2 aromatic rings. The zero-order valence-electron chi connectivity index (χ0n) is 14.1. The first-order valence-corrected chi connectivity index (χ1v) is 8.74. The first-order chi connectivity index (χ1) is 11.7. The van der Waals surface area contributed by atoms with E-state index in [-0.39, 0.29) is 6.04 Å². The van der Waals surface area contributed by atoms with Crippen molar-refractivity contribution in [2.45, 2.75) is 19.9 Å². The van der Waals surface area contributed by atoms with Crippen molar-refractivity contribution in [1.29, 1.82) is 0 Å². The highest BCUT2D eigenvalue weighted by molar-refractivity contribution is 6.31. The summed E-state index contributed by atoms with van der Waals surface area (Å²) in [4.78, 5) is 7.32. The van der Waals surface area contributed by atoms with Crippen LogP contribution >= 0.6 is 11.6 Å². The second kappa shape index (κ2) is 7.34. The number of para-hydroxylation sites is 1. The van der Waals surface area contributed by atoms with Crippen molar-refractivity contribution in [3.63, 3.8) is 0 Å². The van der Waals surface area contributed by atoms with Gasteiger partial charge in [-0.25, -0.2) is 4.99 Å². The number of anilines is 2. The maximum atomic E-state index is 6.19. The fourth-order valence-corrected chi connectivity index (χ4v) is 3.37. The third-order valence-electron chi connectivity index (χ3n) is 4.47. The van der Waals surface area contributed by atoms with Gasteiger partial charge >= 0.3 is 0 Å². The molecule has 1 aliphatic heterocycles. The number of nitrogens with two attached hydrogens (primary N) is 1. The highest BCUT2D eigenvalue weighted by Gasteiger charge is 2.26. The summed E-state index contributed by atoms with van der Waals surface area (Å²) < 4.78 is 0. The Morgan fingerprint density at radius 2 is 1.88 bits per heavy atom. The molecular weight excluding hydrogens is 320 g/mol. The van der Waals surface area contributed by atoms with Crippen LogP contribution < -0.4 is 11.1 Å². The number of hydrogen-bond acceptors (Lipinski definition) is 4. The van der Waals surface area contributed by atoms with Gasteiger partial charge in [-0.3, -0.25) is 4.90 Å². The smallest absolute Gasteiger partial charge is 0.0883 e. The lowest BCUT2D eigenvalue weighted by atomic mass is 9.99. The van der Waals surface area contributed by atoms with Crippen LogP contribution in [0.25, 0.3) is 0 Å².